The molecule has 0 bridgehead atoms. The highest BCUT2D eigenvalue weighted by Crippen LogP contribution is 2.18. The second kappa shape index (κ2) is 6.10. The van der Waals surface area contributed by atoms with Crippen LogP contribution in [-0.4, -0.2) is 46.6 Å². The van der Waals surface area contributed by atoms with Gasteiger partial charge < -0.3 is 20.6 Å². The third-order valence-electron chi connectivity index (χ3n) is 2.48. The highest BCUT2D eigenvalue weighted by atomic mass is 35.5. The van der Waals surface area contributed by atoms with Gasteiger partial charge in [0, 0.05) is 0 Å². The molecule has 0 aliphatic carbocycles. The lowest BCUT2D eigenvalue weighted by molar-refractivity contribution is 0.0373. The van der Waals surface area contributed by atoms with Gasteiger partial charge >= 0.3 is 0 Å². The Kier molecular flexibility index (Phi) is 5.03. The lowest BCUT2D eigenvalue weighted by Gasteiger charge is -2.28. The maximum Gasteiger partial charge on any atom is 0.254 e. The maximum absolute atomic E-state index is 13.6. The fraction of sp³-hybridized carbons (Fsp3) is 0.364. The van der Waals surface area contributed by atoms with E-state index in [9.17, 15) is 9.18 Å². The van der Waals surface area contributed by atoms with Gasteiger partial charge in [-0.25, -0.2) is 4.39 Å². The zero-order valence-electron chi connectivity index (χ0n) is 9.36. The third kappa shape index (κ3) is 2.97. The van der Waals surface area contributed by atoms with Crippen molar-refractivity contribution in [1.29, 1.82) is 0 Å². The summed E-state index contributed by atoms with van der Waals surface area (Å²) in [6.45, 7) is -2.06. The summed E-state index contributed by atoms with van der Waals surface area (Å²) in [4.78, 5) is 11.8. The number of nitrogens with one attached hydrogen (secondary N) is 1. The lowest BCUT2D eigenvalue weighted by atomic mass is 10.0. The van der Waals surface area contributed by atoms with Crippen molar-refractivity contribution in [3.63, 3.8) is 0 Å². The molecule has 0 saturated heterocycles. The van der Waals surface area contributed by atoms with Crippen molar-refractivity contribution in [2.45, 2.75) is 5.54 Å². The molecule has 5 nitrogen and oxygen atoms in total. The molecule has 1 aromatic rings. The van der Waals surface area contributed by atoms with E-state index in [0.717, 1.165) is 0 Å². The Balaban J connectivity index is 2.98. The Labute approximate surface area is 108 Å². The van der Waals surface area contributed by atoms with Crippen LogP contribution in [0.15, 0.2) is 18.2 Å². The topological polar surface area (TPSA) is 89.8 Å². The van der Waals surface area contributed by atoms with Gasteiger partial charge in [-0.1, -0.05) is 17.7 Å². The van der Waals surface area contributed by atoms with Crippen molar-refractivity contribution in [1.82, 2.24) is 5.32 Å². The number of halogens is 2. The van der Waals surface area contributed by atoms with E-state index in [1.165, 1.54) is 18.2 Å². The summed E-state index contributed by atoms with van der Waals surface area (Å²) >= 11 is 5.53. The molecular formula is C11H13ClFNO4. The second-order valence-corrected chi connectivity index (χ2v) is 4.22. The van der Waals surface area contributed by atoms with Crippen molar-refractivity contribution in [3.8, 4) is 0 Å². The van der Waals surface area contributed by atoms with Crippen LogP contribution >= 0.6 is 11.6 Å². The van der Waals surface area contributed by atoms with Crippen molar-refractivity contribution in [3.05, 3.63) is 34.6 Å². The smallest absolute Gasteiger partial charge is 0.254 e. The van der Waals surface area contributed by atoms with E-state index in [4.69, 9.17) is 26.9 Å². The average Bonchev–Trinajstić information content (AvgIpc) is 2.39. The van der Waals surface area contributed by atoms with E-state index < -0.39 is 37.1 Å². The van der Waals surface area contributed by atoms with Gasteiger partial charge in [0.2, 0.25) is 0 Å². The van der Waals surface area contributed by atoms with E-state index in [1.807, 2.05) is 0 Å². The Morgan fingerprint density at radius 2 is 1.83 bits per heavy atom. The average molecular weight is 278 g/mol. The fourth-order valence-corrected chi connectivity index (χ4v) is 1.43. The van der Waals surface area contributed by atoms with Crippen molar-refractivity contribution < 1.29 is 24.5 Å². The highest BCUT2D eigenvalue weighted by Gasteiger charge is 2.31. The molecule has 4 N–H and O–H groups in total. The molecule has 0 fully saturated rings. The molecule has 0 radical (unpaired) electrons. The number of hydrogen-bond donors (Lipinski definition) is 4. The Morgan fingerprint density at radius 1 is 1.28 bits per heavy atom. The minimum Gasteiger partial charge on any atom is -0.394 e. The first-order valence-electron chi connectivity index (χ1n) is 5.09. The van der Waals surface area contributed by atoms with Gasteiger partial charge in [-0.05, 0) is 12.1 Å². The third-order valence-corrected chi connectivity index (χ3v) is 2.77. The molecule has 0 unspecified atom stereocenters. The first-order chi connectivity index (χ1) is 8.49. The summed E-state index contributed by atoms with van der Waals surface area (Å²) in [5.74, 6) is -1.79. The van der Waals surface area contributed by atoms with Crippen LogP contribution < -0.4 is 5.32 Å². The highest BCUT2D eigenvalue weighted by molar-refractivity contribution is 6.31. The molecule has 18 heavy (non-hydrogen) atoms. The SMILES string of the molecule is O=C(NC(CO)(CO)CO)c1cccc(Cl)c1F. The molecule has 7 heteroatoms. The normalized spacial score (nSPS) is 11.4. The first kappa shape index (κ1) is 14.8. The van der Waals surface area contributed by atoms with Gasteiger partial charge in [0.1, 0.15) is 5.54 Å². The van der Waals surface area contributed by atoms with Crippen LogP contribution in [0.2, 0.25) is 5.02 Å². The second-order valence-electron chi connectivity index (χ2n) is 3.81. The summed E-state index contributed by atoms with van der Waals surface area (Å²) in [6, 6.07) is 3.87. The molecule has 1 aromatic carbocycles. The minimum absolute atomic E-state index is 0.217. The quantitative estimate of drug-likeness (QED) is 0.606. The monoisotopic (exact) mass is 277 g/mol. The summed E-state index contributed by atoms with van der Waals surface area (Å²) in [5, 5.41) is 29.1. The van der Waals surface area contributed by atoms with Crippen LogP contribution in [0.25, 0.3) is 0 Å². The summed E-state index contributed by atoms with van der Waals surface area (Å²) < 4.78 is 13.6. The maximum atomic E-state index is 13.6. The van der Waals surface area contributed by atoms with E-state index in [1.54, 1.807) is 0 Å². The largest absolute Gasteiger partial charge is 0.394 e. The van der Waals surface area contributed by atoms with Crippen LogP contribution in [0.4, 0.5) is 4.39 Å². The zero-order valence-corrected chi connectivity index (χ0v) is 10.1. The van der Waals surface area contributed by atoms with Gasteiger partial charge in [0.25, 0.3) is 5.91 Å². The molecule has 1 amide bonds. The number of amides is 1. The van der Waals surface area contributed by atoms with E-state index in [2.05, 4.69) is 5.32 Å². The van der Waals surface area contributed by atoms with Gasteiger partial charge in [0.15, 0.2) is 5.82 Å². The molecule has 0 aromatic heterocycles. The Bertz CT molecular complexity index is 429. The van der Waals surface area contributed by atoms with Crippen molar-refractivity contribution in [2.75, 3.05) is 19.8 Å². The first-order valence-corrected chi connectivity index (χ1v) is 5.46. The number of carbonyl (C=O) groups is 1. The van der Waals surface area contributed by atoms with Crippen LogP contribution in [-0.2, 0) is 0 Å². The zero-order chi connectivity index (χ0) is 13.8. The van der Waals surface area contributed by atoms with Gasteiger partial charge in [-0.3, -0.25) is 4.79 Å². The molecule has 0 spiro atoms. The van der Waals surface area contributed by atoms with Crippen molar-refractivity contribution in [2.24, 2.45) is 0 Å². The van der Waals surface area contributed by atoms with Gasteiger partial charge in [-0.15, -0.1) is 0 Å². The molecule has 0 aliphatic heterocycles. The number of rotatable bonds is 5. The predicted molar refractivity (Wildman–Crippen MR) is 62.9 cm³/mol. The summed E-state index contributed by atoms with van der Waals surface area (Å²) in [6.07, 6.45) is 0. The Hall–Kier alpha value is -1.21. The fourth-order valence-electron chi connectivity index (χ4n) is 1.26. The van der Waals surface area contributed by atoms with E-state index in [-0.39, 0.29) is 10.6 Å². The van der Waals surface area contributed by atoms with Crippen LogP contribution in [0, 0.1) is 5.82 Å². The molecule has 0 saturated carbocycles. The lowest BCUT2D eigenvalue weighted by Crippen LogP contribution is -2.57. The number of benzene rings is 1. The number of aliphatic hydroxyl groups is 3. The standard InChI is InChI=1S/C11H13ClFNO4/c12-8-3-1-2-7(9(8)13)10(18)14-11(4-15,5-16)6-17/h1-3,15-17H,4-6H2,(H,14,18). The molecule has 0 aliphatic rings. The minimum atomic E-state index is -1.61. The molecule has 100 valence electrons. The van der Waals surface area contributed by atoms with Crippen LogP contribution in [0.1, 0.15) is 10.4 Å². The van der Waals surface area contributed by atoms with Crippen LogP contribution in [0.5, 0.6) is 0 Å². The number of carbonyl (C=O) groups excluding carboxylic acids is 1. The van der Waals surface area contributed by atoms with Gasteiger partial charge in [0.05, 0.1) is 30.4 Å². The number of hydrogen-bond acceptors (Lipinski definition) is 4. The summed E-state index contributed by atoms with van der Waals surface area (Å²) in [5.41, 5.74) is -1.94. The van der Waals surface area contributed by atoms with Crippen LogP contribution in [0.3, 0.4) is 0 Å². The predicted octanol–water partition coefficient (Wildman–Crippen LogP) is -0.0754. The molecule has 1 rings (SSSR count). The van der Waals surface area contributed by atoms with E-state index in [0.29, 0.717) is 0 Å². The van der Waals surface area contributed by atoms with Gasteiger partial charge in [-0.2, -0.15) is 0 Å². The Morgan fingerprint density at radius 3 is 2.33 bits per heavy atom. The number of aliphatic hydroxyl groups excluding tert-OH is 3. The molecule has 0 heterocycles. The van der Waals surface area contributed by atoms with E-state index >= 15 is 0 Å². The summed E-state index contributed by atoms with van der Waals surface area (Å²) in [7, 11) is 0. The molecular weight excluding hydrogens is 265 g/mol. The van der Waals surface area contributed by atoms with Crippen molar-refractivity contribution >= 4 is 17.5 Å². The molecule has 0 atom stereocenters.